The minimum Gasteiger partial charge on any atom is -0.322 e. The first-order valence-corrected chi connectivity index (χ1v) is 10.1. The highest BCUT2D eigenvalue weighted by molar-refractivity contribution is 5.84. The van der Waals surface area contributed by atoms with Crippen molar-refractivity contribution in [2.45, 2.75) is 73.3 Å². The predicted molar refractivity (Wildman–Crippen MR) is 114 cm³/mol. The van der Waals surface area contributed by atoms with Crippen LogP contribution in [0, 0.1) is 5.41 Å². The predicted octanol–water partition coefficient (Wildman–Crippen LogP) is 4.65. The van der Waals surface area contributed by atoms with Crippen LogP contribution in [0.25, 0.3) is 23.1 Å². The summed E-state index contributed by atoms with van der Waals surface area (Å²) in [6.07, 6.45) is 7.05. The summed E-state index contributed by atoms with van der Waals surface area (Å²) < 4.78 is 2.54. The summed E-state index contributed by atoms with van der Waals surface area (Å²) in [5.74, 6) is 0.484. The van der Waals surface area contributed by atoms with Crippen LogP contribution in [0.3, 0.4) is 0 Å². The van der Waals surface area contributed by atoms with E-state index in [9.17, 15) is 0 Å². The Morgan fingerprint density at radius 1 is 1.04 bits per heavy atom. The Labute approximate surface area is 158 Å². The number of fused-ring (bicyclic) bond motifs is 3. The Balaban J connectivity index is 2.66. The molecule has 0 spiro atoms. The van der Waals surface area contributed by atoms with Crippen molar-refractivity contribution in [2.24, 2.45) is 10.4 Å². The van der Waals surface area contributed by atoms with Crippen molar-refractivity contribution in [3.63, 3.8) is 0 Å². The molecule has 0 saturated heterocycles. The first-order valence-electron chi connectivity index (χ1n) is 10.1. The van der Waals surface area contributed by atoms with E-state index >= 15 is 0 Å². The number of benzene rings is 1. The average Bonchev–Trinajstić information content (AvgIpc) is 2.60. The van der Waals surface area contributed by atoms with Crippen molar-refractivity contribution in [3.8, 4) is 0 Å². The second-order valence-corrected chi connectivity index (χ2v) is 8.92. The molecule has 0 N–H and O–H groups in total. The van der Waals surface area contributed by atoms with E-state index in [2.05, 4.69) is 83.4 Å². The highest BCUT2D eigenvalue weighted by Gasteiger charge is 2.25. The lowest BCUT2D eigenvalue weighted by atomic mass is 9.86. The van der Waals surface area contributed by atoms with Gasteiger partial charge in [0.2, 0.25) is 0 Å². The maximum absolute atomic E-state index is 5.02. The zero-order valence-electron chi connectivity index (χ0n) is 17.6. The first kappa shape index (κ1) is 18.9. The molecule has 1 heterocycles. The zero-order chi connectivity index (χ0) is 19.1. The molecule has 0 fully saturated rings. The number of aromatic nitrogens is 1. The van der Waals surface area contributed by atoms with Crippen LogP contribution >= 0.6 is 0 Å². The third-order valence-electron chi connectivity index (χ3n) is 5.79. The molecule has 1 aromatic carbocycles. The Morgan fingerprint density at radius 2 is 1.69 bits per heavy atom. The Morgan fingerprint density at radius 3 is 2.27 bits per heavy atom. The molecule has 26 heavy (non-hydrogen) atoms. The third-order valence-corrected chi connectivity index (χ3v) is 5.79. The van der Waals surface area contributed by atoms with E-state index in [1.807, 2.05) is 0 Å². The fraction of sp³-hybridized carbons (Fsp3) is 0.542. The van der Waals surface area contributed by atoms with E-state index in [1.54, 1.807) is 0 Å². The molecule has 2 heteroatoms. The van der Waals surface area contributed by atoms with E-state index in [0.717, 1.165) is 19.4 Å². The summed E-state index contributed by atoms with van der Waals surface area (Å²) in [4.78, 5) is 5.02. The lowest BCUT2D eigenvalue weighted by molar-refractivity contribution is 0.261. The molecule has 0 amide bonds. The summed E-state index contributed by atoms with van der Waals surface area (Å²) >= 11 is 0. The molecule has 0 saturated carbocycles. The van der Waals surface area contributed by atoms with Crippen molar-refractivity contribution < 1.29 is 0 Å². The molecule has 1 aliphatic rings. The lowest BCUT2D eigenvalue weighted by Gasteiger charge is -2.33. The van der Waals surface area contributed by atoms with Crippen LogP contribution in [0.1, 0.15) is 78.8 Å². The maximum atomic E-state index is 5.02. The highest BCUT2D eigenvalue weighted by atomic mass is 15.1. The van der Waals surface area contributed by atoms with E-state index in [0.29, 0.717) is 12.0 Å². The maximum Gasteiger partial charge on any atom is 0.135 e. The summed E-state index contributed by atoms with van der Waals surface area (Å²) in [5, 5.41) is 4.11. The third kappa shape index (κ3) is 3.15. The quantitative estimate of drug-likeness (QED) is 0.767. The number of hydrogen-bond acceptors (Lipinski definition) is 1. The molecule has 0 aliphatic heterocycles. The van der Waals surface area contributed by atoms with Crippen LogP contribution in [0.5, 0.6) is 0 Å². The van der Waals surface area contributed by atoms with Gasteiger partial charge in [0.1, 0.15) is 5.49 Å². The van der Waals surface area contributed by atoms with E-state index in [-0.39, 0.29) is 5.41 Å². The monoisotopic (exact) mass is 350 g/mol. The van der Waals surface area contributed by atoms with Gasteiger partial charge in [0.15, 0.2) is 0 Å². The van der Waals surface area contributed by atoms with Crippen LogP contribution < -0.4 is 15.9 Å². The van der Waals surface area contributed by atoms with Crippen LogP contribution in [0.4, 0.5) is 0 Å². The van der Waals surface area contributed by atoms with Gasteiger partial charge in [0.05, 0.1) is 5.52 Å². The van der Waals surface area contributed by atoms with Gasteiger partial charge in [-0.25, -0.2) is 0 Å². The van der Waals surface area contributed by atoms with Gasteiger partial charge < -0.3 is 4.57 Å². The standard InChI is InChI=1S/C24H34N2/c1-8-25-23-21-13-10-9-12-19(21)20-15-11-14-18(16(2)3)22(20)26(23)17(4)24(5,6)7/h11-17H,8-10H2,1-7H3/b25-23-. The minimum absolute atomic E-state index is 0.159. The number of nitrogens with zero attached hydrogens (tertiary/aromatic N) is 2. The largest absolute Gasteiger partial charge is 0.322 e. The zero-order valence-corrected chi connectivity index (χ0v) is 17.6. The van der Waals surface area contributed by atoms with E-state index in [4.69, 9.17) is 4.99 Å². The Bertz CT molecular complexity index is 998. The Kier molecular flexibility index (Phi) is 5.14. The molecule has 0 radical (unpaired) electrons. The summed E-state index contributed by atoms with van der Waals surface area (Å²) in [6, 6.07) is 7.18. The van der Waals surface area contributed by atoms with Gasteiger partial charge in [-0.2, -0.15) is 0 Å². The molecule has 2 nitrogen and oxygen atoms in total. The van der Waals surface area contributed by atoms with Gasteiger partial charge in [-0.15, -0.1) is 0 Å². The number of rotatable bonds is 3. The van der Waals surface area contributed by atoms with Crippen molar-refractivity contribution >= 4 is 23.1 Å². The van der Waals surface area contributed by atoms with E-state index in [1.165, 1.54) is 32.4 Å². The molecular weight excluding hydrogens is 316 g/mol. The fourth-order valence-corrected chi connectivity index (χ4v) is 3.97. The molecule has 140 valence electrons. The van der Waals surface area contributed by atoms with Gasteiger partial charge in [-0.05, 0) is 48.8 Å². The lowest BCUT2D eigenvalue weighted by Crippen LogP contribution is -2.49. The van der Waals surface area contributed by atoms with Crippen LogP contribution in [-0.2, 0) is 0 Å². The second kappa shape index (κ2) is 7.06. The SMILES string of the molecule is CC/N=c1/c2c(c3cccc(C(C)C)c3n1C(C)C(C)(C)C)=CCCC=2. The molecular formula is C24H34N2. The number of para-hydroxylation sites is 1. The van der Waals surface area contributed by atoms with Gasteiger partial charge in [-0.3, -0.25) is 4.99 Å². The number of hydrogen-bond donors (Lipinski definition) is 0. The van der Waals surface area contributed by atoms with Gasteiger partial charge in [0.25, 0.3) is 0 Å². The van der Waals surface area contributed by atoms with Crippen molar-refractivity contribution in [3.05, 3.63) is 39.7 Å². The van der Waals surface area contributed by atoms with Gasteiger partial charge >= 0.3 is 0 Å². The van der Waals surface area contributed by atoms with Crippen molar-refractivity contribution in [1.29, 1.82) is 0 Å². The van der Waals surface area contributed by atoms with Gasteiger partial charge in [0, 0.05) is 23.2 Å². The topological polar surface area (TPSA) is 17.3 Å². The minimum atomic E-state index is 0.159. The summed E-state index contributed by atoms with van der Waals surface area (Å²) in [5.41, 5.74) is 4.13. The fourth-order valence-electron chi connectivity index (χ4n) is 3.97. The molecule has 2 aromatic rings. The molecule has 3 rings (SSSR count). The normalized spacial score (nSPS) is 16.4. The van der Waals surface area contributed by atoms with Crippen molar-refractivity contribution in [2.75, 3.05) is 6.54 Å². The van der Waals surface area contributed by atoms with Crippen LogP contribution in [0.2, 0.25) is 0 Å². The molecule has 1 aliphatic carbocycles. The van der Waals surface area contributed by atoms with Crippen LogP contribution in [-0.4, -0.2) is 11.1 Å². The highest BCUT2D eigenvalue weighted by Crippen LogP contribution is 2.33. The van der Waals surface area contributed by atoms with E-state index < -0.39 is 0 Å². The molecule has 1 atom stereocenters. The number of pyridine rings is 1. The molecule has 1 aromatic heterocycles. The summed E-state index contributed by atoms with van der Waals surface area (Å²) in [6.45, 7) is 16.9. The smallest absolute Gasteiger partial charge is 0.135 e. The average molecular weight is 351 g/mol. The van der Waals surface area contributed by atoms with Crippen molar-refractivity contribution in [1.82, 2.24) is 4.57 Å². The first-order chi connectivity index (χ1) is 12.3. The van der Waals surface area contributed by atoms with Gasteiger partial charge in [-0.1, -0.05) is 65.0 Å². The molecule has 1 unspecified atom stereocenters. The summed E-state index contributed by atoms with van der Waals surface area (Å²) in [7, 11) is 0. The second-order valence-electron chi connectivity index (χ2n) is 8.92. The molecule has 0 bridgehead atoms. The Hall–Kier alpha value is -1.83. The van der Waals surface area contributed by atoms with Crippen LogP contribution in [0.15, 0.2) is 23.2 Å².